The van der Waals surface area contributed by atoms with Crippen LogP contribution in [0.25, 0.3) is 0 Å². The van der Waals surface area contributed by atoms with E-state index in [0.717, 1.165) is 37.2 Å². The zero-order valence-corrected chi connectivity index (χ0v) is 18.1. The molecule has 7 heteroatoms. The molecule has 2 aliphatic rings. The molecule has 0 spiro atoms. The van der Waals surface area contributed by atoms with Crippen molar-refractivity contribution in [3.05, 3.63) is 65.2 Å². The Balaban J connectivity index is 1.34. The number of nitrogens with zero attached hydrogens (tertiary/aromatic N) is 1. The van der Waals surface area contributed by atoms with Crippen LogP contribution in [0.1, 0.15) is 34.3 Å². The Morgan fingerprint density at radius 3 is 2.41 bits per heavy atom. The molecule has 0 aromatic heterocycles. The summed E-state index contributed by atoms with van der Waals surface area (Å²) >= 11 is 0. The van der Waals surface area contributed by atoms with E-state index in [9.17, 15) is 14.7 Å². The summed E-state index contributed by atoms with van der Waals surface area (Å²) in [6.45, 7) is 2.68. The first-order valence-corrected chi connectivity index (χ1v) is 11.0. The van der Waals surface area contributed by atoms with Gasteiger partial charge in [-0.05, 0) is 54.0 Å². The van der Waals surface area contributed by atoms with E-state index < -0.39 is 18.0 Å². The van der Waals surface area contributed by atoms with Gasteiger partial charge in [0, 0.05) is 19.6 Å². The van der Waals surface area contributed by atoms with E-state index in [2.05, 4.69) is 4.90 Å². The Hall–Kier alpha value is -2.90. The molecule has 0 amide bonds. The maximum Gasteiger partial charge on any atom is 0.337 e. The van der Waals surface area contributed by atoms with Crippen molar-refractivity contribution in [3.8, 4) is 5.75 Å². The Labute approximate surface area is 187 Å². The molecule has 4 rings (SSSR count). The molecule has 1 saturated carbocycles. The number of hydrogen-bond acceptors (Lipinski definition) is 6. The number of carbonyl (C=O) groups excluding carboxylic acids is 1. The standard InChI is InChI=1S/C25H29NO6/c1-31-25(30)18-3-2-4-21(10-18)32-23-12-20-15-26(14-19(20)11-22(23)27)13-17-7-5-16(6-8-17)9-24(28)29/h2-8,10,19-20,22-23,27H,9,11-15H2,1H3,(H,28,29)/t19-,20+,22+,23+/m0/s1. The summed E-state index contributed by atoms with van der Waals surface area (Å²) in [6, 6.07) is 14.6. The molecule has 0 bridgehead atoms. The van der Waals surface area contributed by atoms with Gasteiger partial charge in [0.1, 0.15) is 11.9 Å². The topological polar surface area (TPSA) is 96.3 Å². The number of aliphatic carboxylic acids is 1. The predicted octanol–water partition coefficient (Wildman–Crippen LogP) is 2.75. The van der Waals surface area contributed by atoms with Crippen molar-refractivity contribution in [2.75, 3.05) is 20.2 Å². The lowest BCUT2D eigenvalue weighted by Crippen LogP contribution is -2.42. The number of aliphatic hydroxyl groups is 1. The number of aliphatic hydroxyl groups excluding tert-OH is 1. The minimum Gasteiger partial charge on any atom is -0.488 e. The maximum atomic E-state index is 11.8. The summed E-state index contributed by atoms with van der Waals surface area (Å²) in [4.78, 5) is 25.0. The van der Waals surface area contributed by atoms with Gasteiger partial charge in [-0.3, -0.25) is 9.69 Å². The number of carboxylic acids is 1. The summed E-state index contributed by atoms with van der Waals surface area (Å²) in [7, 11) is 1.34. The van der Waals surface area contributed by atoms with Crippen LogP contribution in [0.2, 0.25) is 0 Å². The van der Waals surface area contributed by atoms with Gasteiger partial charge in [0.2, 0.25) is 0 Å². The Bertz CT molecular complexity index is 959. The Morgan fingerprint density at radius 2 is 1.72 bits per heavy atom. The highest BCUT2D eigenvalue weighted by atomic mass is 16.5. The highest BCUT2D eigenvalue weighted by molar-refractivity contribution is 5.89. The third-order valence-electron chi connectivity index (χ3n) is 6.49. The maximum absolute atomic E-state index is 11.8. The number of carboxylic acid groups (broad SMARTS) is 1. The molecule has 2 aromatic carbocycles. The number of likely N-dealkylation sites (tertiary alicyclic amines) is 1. The number of ether oxygens (including phenoxy) is 2. The number of benzene rings is 2. The molecule has 1 saturated heterocycles. The number of esters is 1. The largest absolute Gasteiger partial charge is 0.488 e. The number of methoxy groups -OCH3 is 1. The zero-order valence-electron chi connectivity index (χ0n) is 18.1. The van der Waals surface area contributed by atoms with E-state index in [1.165, 1.54) is 7.11 Å². The number of carbonyl (C=O) groups is 2. The third kappa shape index (κ3) is 5.29. The Kier molecular flexibility index (Phi) is 6.77. The minimum atomic E-state index is -0.825. The smallest absolute Gasteiger partial charge is 0.337 e. The minimum absolute atomic E-state index is 0.0377. The van der Waals surface area contributed by atoms with Gasteiger partial charge in [-0.2, -0.15) is 0 Å². The lowest BCUT2D eigenvalue weighted by Gasteiger charge is -2.35. The fourth-order valence-electron chi connectivity index (χ4n) is 4.93. The lowest BCUT2D eigenvalue weighted by molar-refractivity contribution is -0.136. The van der Waals surface area contributed by atoms with E-state index in [0.29, 0.717) is 29.6 Å². The molecule has 2 aromatic rings. The molecule has 1 aliphatic heterocycles. The first-order valence-electron chi connectivity index (χ1n) is 11.0. The quantitative estimate of drug-likeness (QED) is 0.641. The van der Waals surface area contributed by atoms with Gasteiger partial charge in [0.15, 0.2) is 0 Å². The van der Waals surface area contributed by atoms with Crippen molar-refractivity contribution < 1.29 is 29.3 Å². The van der Waals surface area contributed by atoms with E-state index in [1.54, 1.807) is 24.3 Å². The second-order valence-electron chi connectivity index (χ2n) is 8.82. The molecule has 2 N–H and O–H groups in total. The molecule has 32 heavy (non-hydrogen) atoms. The normalized spacial score (nSPS) is 25.2. The van der Waals surface area contributed by atoms with Crippen molar-refractivity contribution in [1.82, 2.24) is 4.90 Å². The van der Waals surface area contributed by atoms with E-state index in [-0.39, 0.29) is 12.5 Å². The summed E-state index contributed by atoms with van der Waals surface area (Å²) < 4.78 is 10.9. The van der Waals surface area contributed by atoms with Crippen molar-refractivity contribution >= 4 is 11.9 Å². The van der Waals surface area contributed by atoms with E-state index in [4.69, 9.17) is 14.6 Å². The molecule has 170 valence electrons. The molecular weight excluding hydrogens is 410 g/mol. The number of fused-ring (bicyclic) bond motifs is 1. The van der Waals surface area contributed by atoms with Crippen molar-refractivity contribution in [1.29, 1.82) is 0 Å². The van der Waals surface area contributed by atoms with Crippen LogP contribution in [-0.4, -0.2) is 59.5 Å². The number of rotatable bonds is 7. The van der Waals surface area contributed by atoms with Gasteiger partial charge in [0.05, 0.1) is 25.2 Å². The molecule has 1 heterocycles. The van der Waals surface area contributed by atoms with Crippen molar-refractivity contribution in [2.45, 2.75) is 38.0 Å². The molecule has 2 fully saturated rings. The van der Waals surface area contributed by atoms with Crippen LogP contribution in [0.5, 0.6) is 5.75 Å². The number of hydrogen-bond donors (Lipinski definition) is 2. The molecule has 0 radical (unpaired) electrons. The summed E-state index contributed by atoms with van der Waals surface area (Å²) in [5, 5.41) is 19.6. The van der Waals surface area contributed by atoms with Crippen LogP contribution in [-0.2, 0) is 22.5 Å². The van der Waals surface area contributed by atoms with Gasteiger partial charge in [-0.25, -0.2) is 4.79 Å². The van der Waals surface area contributed by atoms with Gasteiger partial charge >= 0.3 is 11.9 Å². The zero-order chi connectivity index (χ0) is 22.7. The van der Waals surface area contributed by atoms with Crippen LogP contribution in [0, 0.1) is 11.8 Å². The van der Waals surface area contributed by atoms with Gasteiger partial charge in [-0.15, -0.1) is 0 Å². The predicted molar refractivity (Wildman–Crippen MR) is 117 cm³/mol. The summed E-state index contributed by atoms with van der Waals surface area (Å²) in [6.07, 6.45) is 0.644. The Morgan fingerprint density at radius 1 is 1.03 bits per heavy atom. The fraction of sp³-hybridized carbons (Fsp3) is 0.440. The lowest BCUT2D eigenvalue weighted by atomic mass is 9.78. The summed E-state index contributed by atoms with van der Waals surface area (Å²) in [5.74, 6) is 0.193. The molecule has 1 aliphatic carbocycles. The van der Waals surface area contributed by atoms with Crippen molar-refractivity contribution in [3.63, 3.8) is 0 Å². The van der Waals surface area contributed by atoms with Crippen LogP contribution in [0.4, 0.5) is 0 Å². The highest BCUT2D eigenvalue weighted by Crippen LogP contribution is 2.38. The highest BCUT2D eigenvalue weighted by Gasteiger charge is 2.42. The fourth-order valence-corrected chi connectivity index (χ4v) is 4.93. The monoisotopic (exact) mass is 439 g/mol. The molecule has 0 unspecified atom stereocenters. The van der Waals surface area contributed by atoms with Crippen LogP contribution < -0.4 is 4.74 Å². The van der Waals surface area contributed by atoms with Crippen molar-refractivity contribution in [2.24, 2.45) is 11.8 Å². The first-order chi connectivity index (χ1) is 15.4. The van der Waals surface area contributed by atoms with Crippen LogP contribution in [0.3, 0.4) is 0 Å². The average molecular weight is 440 g/mol. The van der Waals surface area contributed by atoms with Crippen LogP contribution in [0.15, 0.2) is 48.5 Å². The second kappa shape index (κ2) is 9.71. The average Bonchev–Trinajstić information content (AvgIpc) is 3.15. The van der Waals surface area contributed by atoms with Gasteiger partial charge in [-0.1, -0.05) is 30.3 Å². The first kappa shape index (κ1) is 22.3. The van der Waals surface area contributed by atoms with E-state index >= 15 is 0 Å². The SMILES string of the molecule is COC(=O)c1cccc(O[C@@H]2C[C@@H]3CN(Cc4ccc(CC(=O)O)cc4)C[C@@H]3C[C@H]2O)c1. The molecule has 4 atom stereocenters. The molecule has 7 nitrogen and oxygen atoms in total. The molecular formula is C25H29NO6. The second-order valence-corrected chi connectivity index (χ2v) is 8.82. The van der Waals surface area contributed by atoms with Gasteiger partial charge in [0.25, 0.3) is 0 Å². The van der Waals surface area contributed by atoms with Gasteiger partial charge < -0.3 is 19.7 Å². The van der Waals surface area contributed by atoms with E-state index in [1.807, 2.05) is 24.3 Å². The third-order valence-corrected chi connectivity index (χ3v) is 6.49. The van der Waals surface area contributed by atoms with Crippen LogP contribution >= 0.6 is 0 Å². The summed E-state index contributed by atoms with van der Waals surface area (Å²) in [5.41, 5.74) is 2.39.